The molecule has 0 saturated carbocycles. The van der Waals surface area contributed by atoms with Gasteiger partial charge in [0, 0.05) is 12.3 Å². The minimum Gasteiger partial charge on any atom is -0.495 e. The Hall–Kier alpha value is -1.48. The fourth-order valence-electron chi connectivity index (χ4n) is 1.27. The van der Waals surface area contributed by atoms with E-state index in [4.69, 9.17) is 10.5 Å². The predicted molar refractivity (Wildman–Crippen MR) is 69.7 cm³/mol. The van der Waals surface area contributed by atoms with Crippen LogP contribution in [0.2, 0.25) is 0 Å². The zero-order valence-corrected chi connectivity index (χ0v) is 11.5. The predicted octanol–water partition coefficient (Wildman–Crippen LogP) is 0.0212. The summed E-state index contributed by atoms with van der Waals surface area (Å²) in [6.45, 7) is 0. The molecule has 9 heteroatoms. The number of nitrogens with two attached hydrogens (primary N) is 1. The largest absolute Gasteiger partial charge is 0.495 e. The molecule has 0 atom stereocenters. The van der Waals surface area contributed by atoms with E-state index in [9.17, 15) is 16.8 Å². The normalized spacial score (nSPS) is 12.1. The van der Waals surface area contributed by atoms with Crippen molar-refractivity contribution in [3.8, 4) is 5.75 Å². The van der Waals surface area contributed by atoms with Gasteiger partial charge in [-0.1, -0.05) is 0 Å². The third-order valence-corrected chi connectivity index (χ3v) is 5.38. The van der Waals surface area contributed by atoms with Crippen LogP contribution in [0.4, 0.5) is 11.4 Å². The van der Waals surface area contributed by atoms with Gasteiger partial charge < -0.3 is 10.5 Å². The highest BCUT2D eigenvalue weighted by Crippen LogP contribution is 2.25. The zero-order valence-electron chi connectivity index (χ0n) is 9.87. The molecular formula is C9H14N2O5S2. The van der Waals surface area contributed by atoms with Crippen molar-refractivity contribution in [1.82, 2.24) is 0 Å². The molecule has 18 heavy (non-hydrogen) atoms. The number of benzene rings is 1. The number of rotatable bonds is 5. The van der Waals surface area contributed by atoms with Crippen LogP contribution >= 0.6 is 0 Å². The Morgan fingerprint density at radius 3 is 2.39 bits per heavy atom. The van der Waals surface area contributed by atoms with Gasteiger partial charge in [-0.2, -0.15) is 0 Å². The highest BCUT2D eigenvalue weighted by molar-refractivity contribution is 8.08. The number of nitrogens with one attached hydrogen (secondary N) is 1. The van der Waals surface area contributed by atoms with E-state index in [1.807, 2.05) is 0 Å². The molecule has 0 aliphatic rings. The Bertz CT molecular complexity index is 637. The molecule has 0 aliphatic heterocycles. The van der Waals surface area contributed by atoms with E-state index in [2.05, 4.69) is 4.72 Å². The van der Waals surface area contributed by atoms with Crippen molar-refractivity contribution in [2.24, 2.45) is 0 Å². The third-order valence-electron chi connectivity index (χ3n) is 1.88. The van der Waals surface area contributed by atoms with Crippen molar-refractivity contribution in [3.05, 3.63) is 18.2 Å². The number of hydrogen-bond donors (Lipinski definition) is 2. The Labute approximate surface area is 106 Å². The first kappa shape index (κ1) is 14.6. The Kier molecular flexibility index (Phi) is 4.07. The summed E-state index contributed by atoms with van der Waals surface area (Å²) in [5.74, 6) is 0.301. The molecule has 0 aliphatic carbocycles. The lowest BCUT2D eigenvalue weighted by Crippen LogP contribution is -2.22. The number of methoxy groups -OCH3 is 1. The molecule has 0 fully saturated rings. The fraction of sp³-hybridized carbons (Fsp3) is 0.333. The number of sulfone groups is 1. The SMILES string of the molecule is COc1cc(NS(=O)(=O)CS(C)(=O)=O)ccc1N. The van der Waals surface area contributed by atoms with E-state index in [0.29, 0.717) is 11.4 Å². The molecule has 3 N–H and O–H groups in total. The van der Waals surface area contributed by atoms with Crippen LogP contribution in [0.1, 0.15) is 0 Å². The summed E-state index contributed by atoms with van der Waals surface area (Å²) >= 11 is 0. The standard InChI is InChI=1S/C9H14N2O5S2/c1-16-9-5-7(3-4-8(9)10)11-18(14,15)6-17(2,12)13/h3-5,11H,6,10H2,1-2H3. The summed E-state index contributed by atoms with van der Waals surface area (Å²) < 4.78 is 52.0. The van der Waals surface area contributed by atoms with Gasteiger partial charge in [-0.15, -0.1) is 0 Å². The number of sulfonamides is 1. The Morgan fingerprint density at radius 1 is 1.28 bits per heavy atom. The summed E-state index contributed by atoms with van der Waals surface area (Å²) in [6.07, 6.45) is 0.843. The molecule has 0 unspecified atom stereocenters. The molecule has 7 nitrogen and oxygen atoms in total. The summed E-state index contributed by atoms with van der Waals surface area (Å²) in [5.41, 5.74) is 6.10. The highest BCUT2D eigenvalue weighted by Gasteiger charge is 2.18. The highest BCUT2D eigenvalue weighted by atomic mass is 32.3. The van der Waals surface area contributed by atoms with Gasteiger partial charge in [0.05, 0.1) is 18.5 Å². The van der Waals surface area contributed by atoms with E-state index in [1.165, 1.54) is 25.3 Å². The van der Waals surface area contributed by atoms with Gasteiger partial charge in [0.25, 0.3) is 0 Å². The topological polar surface area (TPSA) is 116 Å². The van der Waals surface area contributed by atoms with Gasteiger partial charge in [-0.05, 0) is 12.1 Å². The van der Waals surface area contributed by atoms with Crippen molar-refractivity contribution >= 4 is 31.2 Å². The maximum Gasteiger partial charge on any atom is 0.247 e. The third kappa shape index (κ3) is 4.41. The van der Waals surface area contributed by atoms with E-state index in [1.54, 1.807) is 0 Å². The van der Waals surface area contributed by atoms with Gasteiger partial charge in [0.2, 0.25) is 10.0 Å². The quantitative estimate of drug-likeness (QED) is 0.740. The lowest BCUT2D eigenvalue weighted by molar-refractivity contribution is 0.417. The fourth-order valence-corrected chi connectivity index (χ4v) is 4.24. The van der Waals surface area contributed by atoms with Crippen LogP contribution in [0.25, 0.3) is 0 Å². The first-order valence-corrected chi connectivity index (χ1v) is 8.46. The molecule has 0 amide bonds. The summed E-state index contributed by atoms with van der Waals surface area (Å²) in [4.78, 5) is 0. The van der Waals surface area contributed by atoms with Gasteiger partial charge in [-0.3, -0.25) is 4.72 Å². The van der Waals surface area contributed by atoms with Crippen molar-refractivity contribution in [1.29, 1.82) is 0 Å². The van der Waals surface area contributed by atoms with Gasteiger partial charge in [0.1, 0.15) is 5.75 Å². The van der Waals surface area contributed by atoms with Crippen molar-refractivity contribution in [3.63, 3.8) is 0 Å². The minimum atomic E-state index is -3.96. The van der Waals surface area contributed by atoms with Crippen LogP contribution in [0, 0.1) is 0 Å². The number of hydrogen-bond acceptors (Lipinski definition) is 6. The smallest absolute Gasteiger partial charge is 0.247 e. The molecule has 0 spiro atoms. The van der Waals surface area contributed by atoms with E-state index >= 15 is 0 Å². The zero-order chi connectivity index (χ0) is 14.0. The van der Waals surface area contributed by atoms with Crippen LogP contribution in [-0.2, 0) is 19.9 Å². The maximum atomic E-state index is 11.5. The monoisotopic (exact) mass is 294 g/mol. The lowest BCUT2D eigenvalue weighted by Gasteiger charge is -2.10. The second kappa shape index (κ2) is 5.02. The van der Waals surface area contributed by atoms with Crippen LogP contribution in [0.5, 0.6) is 5.75 Å². The Morgan fingerprint density at radius 2 is 1.89 bits per heavy atom. The molecular weight excluding hydrogens is 280 g/mol. The maximum absolute atomic E-state index is 11.5. The van der Waals surface area contributed by atoms with Gasteiger partial charge >= 0.3 is 0 Å². The van der Waals surface area contributed by atoms with Gasteiger partial charge in [0.15, 0.2) is 14.9 Å². The first-order valence-electron chi connectivity index (χ1n) is 4.75. The average molecular weight is 294 g/mol. The molecule has 102 valence electrons. The number of nitrogen functional groups attached to an aromatic ring is 1. The van der Waals surface area contributed by atoms with Crippen molar-refractivity contribution < 1.29 is 21.6 Å². The number of anilines is 2. The van der Waals surface area contributed by atoms with Crippen LogP contribution < -0.4 is 15.2 Å². The van der Waals surface area contributed by atoms with Crippen molar-refractivity contribution in [2.45, 2.75) is 0 Å². The summed E-state index contributed by atoms with van der Waals surface area (Å²) in [5, 5.41) is -0.979. The molecule has 0 radical (unpaired) electrons. The van der Waals surface area contributed by atoms with Crippen LogP contribution in [0.15, 0.2) is 18.2 Å². The van der Waals surface area contributed by atoms with Gasteiger partial charge in [-0.25, -0.2) is 16.8 Å². The second-order valence-corrected chi connectivity index (χ2v) is 7.95. The first-order chi connectivity index (χ1) is 8.13. The number of ether oxygens (including phenoxy) is 1. The van der Waals surface area contributed by atoms with E-state index in [0.717, 1.165) is 6.26 Å². The lowest BCUT2D eigenvalue weighted by atomic mass is 10.3. The summed E-state index contributed by atoms with van der Waals surface area (Å²) in [6, 6.07) is 4.24. The molecule has 0 saturated heterocycles. The summed E-state index contributed by atoms with van der Waals surface area (Å²) in [7, 11) is -6.21. The second-order valence-electron chi connectivity index (χ2n) is 3.72. The Balaban J connectivity index is 2.98. The van der Waals surface area contributed by atoms with Crippen molar-refractivity contribution in [2.75, 3.05) is 28.9 Å². The molecule has 1 aromatic carbocycles. The van der Waals surface area contributed by atoms with E-state index < -0.39 is 24.9 Å². The average Bonchev–Trinajstić information content (AvgIpc) is 2.16. The van der Waals surface area contributed by atoms with Crippen LogP contribution in [0.3, 0.4) is 0 Å². The molecule has 1 rings (SSSR count). The molecule has 0 heterocycles. The molecule has 1 aromatic rings. The molecule has 0 aromatic heterocycles. The van der Waals surface area contributed by atoms with E-state index in [-0.39, 0.29) is 5.69 Å². The minimum absolute atomic E-state index is 0.185. The van der Waals surface area contributed by atoms with Crippen LogP contribution in [-0.4, -0.2) is 35.3 Å². The molecule has 0 bridgehead atoms.